The zero-order valence-corrected chi connectivity index (χ0v) is 5.88. The summed E-state index contributed by atoms with van der Waals surface area (Å²) in [6, 6.07) is 0. The maximum Gasteiger partial charge on any atom is 0.185 e. The predicted octanol–water partition coefficient (Wildman–Crippen LogP) is 1.84. The molecule has 1 heterocycles. The molecule has 0 radical (unpaired) electrons. The van der Waals surface area contributed by atoms with Gasteiger partial charge in [-0.3, -0.25) is 0 Å². The van der Waals surface area contributed by atoms with Crippen LogP contribution in [0.25, 0.3) is 0 Å². The minimum absolute atomic E-state index is 0.578. The van der Waals surface area contributed by atoms with E-state index < -0.39 is 0 Å². The molecule has 0 aliphatic heterocycles. The lowest BCUT2D eigenvalue weighted by Gasteiger charge is -1.85. The first-order chi connectivity index (χ1) is 3.83. The van der Waals surface area contributed by atoms with E-state index in [1.54, 1.807) is 0 Å². The molecule has 0 saturated carbocycles. The zero-order chi connectivity index (χ0) is 5.98. The van der Waals surface area contributed by atoms with E-state index in [2.05, 4.69) is 10.3 Å². The van der Waals surface area contributed by atoms with Crippen LogP contribution in [-0.4, -0.2) is 12.0 Å². The molecule has 4 heteroatoms. The normalized spacial score (nSPS) is 9.25. The molecule has 0 spiro atoms. The van der Waals surface area contributed by atoms with E-state index in [0.717, 1.165) is 5.82 Å². The summed E-state index contributed by atoms with van der Waals surface area (Å²) >= 11 is 6.93. The highest BCUT2D eigenvalue weighted by molar-refractivity contribution is 7.14. The Kier molecular flexibility index (Phi) is 1.70. The Morgan fingerprint density at radius 3 is 2.88 bits per heavy atom. The highest BCUT2D eigenvalue weighted by Crippen LogP contribution is 2.17. The Morgan fingerprint density at radius 2 is 2.62 bits per heavy atom. The molecule has 0 bridgehead atoms. The maximum absolute atomic E-state index is 5.51. The molecule has 0 saturated heterocycles. The second kappa shape index (κ2) is 2.33. The molecule has 0 aliphatic carbocycles. The van der Waals surface area contributed by atoms with Gasteiger partial charge in [-0.25, -0.2) is 4.98 Å². The number of anilines is 1. The van der Waals surface area contributed by atoms with Gasteiger partial charge in [0.2, 0.25) is 0 Å². The van der Waals surface area contributed by atoms with Gasteiger partial charge in [-0.05, 0) is 0 Å². The molecule has 44 valence electrons. The minimum atomic E-state index is 0.578. The predicted molar refractivity (Wildman–Crippen MR) is 36.7 cm³/mol. The fourth-order valence-electron chi connectivity index (χ4n) is 0.367. The summed E-state index contributed by atoms with van der Waals surface area (Å²) in [6.45, 7) is 0. The van der Waals surface area contributed by atoms with Crippen molar-refractivity contribution in [3.63, 3.8) is 0 Å². The molecular formula is C4H5ClN2S. The van der Waals surface area contributed by atoms with Crippen molar-refractivity contribution in [2.24, 2.45) is 0 Å². The topological polar surface area (TPSA) is 24.9 Å². The molecule has 2 nitrogen and oxygen atoms in total. The van der Waals surface area contributed by atoms with Crippen LogP contribution in [0.4, 0.5) is 5.82 Å². The standard InChI is InChI=1S/C4H5ClN2S/c1-6-3-2-8-4(5)7-3/h2,6H,1H3. The van der Waals surface area contributed by atoms with Gasteiger partial charge in [-0.2, -0.15) is 0 Å². The third kappa shape index (κ3) is 1.11. The molecule has 0 fully saturated rings. The average molecular weight is 149 g/mol. The van der Waals surface area contributed by atoms with Crippen LogP contribution in [0.15, 0.2) is 5.38 Å². The van der Waals surface area contributed by atoms with Gasteiger partial charge in [-0.1, -0.05) is 11.6 Å². The van der Waals surface area contributed by atoms with Gasteiger partial charge in [0.25, 0.3) is 0 Å². The third-order valence-corrected chi connectivity index (χ3v) is 1.71. The van der Waals surface area contributed by atoms with E-state index in [1.807, 2.05) is 12.4 Å². The third-order valence-electron chi connectivity index (χ3n) is 0.732. The lowest BCUT2D eigenvalue weighted by atomic mass is 10.8. The molecule has 0 amide bonds. The maximum atomic E-state index is 5.51. The van der Waals surface area contributed by atoms with E-state index in [9.17, 15) is 0 Å². The first kappa shape index (κ1) is 5.85. The van der Waals surface area contributed by atoms with E-state index in [4.69, 9.17) is 11.6 Å². The van der Waals surface area contributed by atoms with Crippen LogP contribution in [0, 0.1) is 0 Å². The van der Waals surface area contributed by atoms with Crippen LogP contribution >= 0.6 is 22.9 Å². The van der Waals surface area contributed by atoms with Crippen LogP contribution in [0.1, 0.15) is 0 Å². The summed E-state index contributed by atoms with van der Waals surface area (Å²) in [5, 5.41) is 4.73. The van der Waals surface area contributed by atoms with Gasteiger partial charge in [0.15, 0.2) is 4.47 Å². The molecule has 1 aromatic heterocycles. The SMILES string of the molecule is CNc1csc(Cl)n1. The van der Waals surface area contributed by atoms with Crippen molar-refractivity contribution in [2.45, 2.75) is 0 Å². The number of hydrogen-bond donors (Lipinski definition) is 1. The van der Waals surface area contributed by atoms with Crippen molar-refractivity contribution >= 4 is 28.8 Å². The Hall–Kier alpha value is -0.280. The number of aromatic nitrogens is 1. The van der Waals surface area contributed by atoms with Gasteiger partial charge < -0.3 is 5.32 Å². The first-order valence-electron chi connectivity index (χ1n) is 2.11. The largest absolute Gasteiger partial charge is 0.372 e. The molecule has 0 atom stereocenters. The monoisotopic (exact) mass is 148 g/mol. The van der Waals surface area contributed by atoms with Gasteiger partial charge in [-0.15, -0.1) is 11.3 Å². The molecule has 1 aromatic rings. The second-order valence-corrected chi connectivity index (χ2v) is 2.68. The highest BCUT2D eigenvalue weighted by atomic mass is 35.5. The van der Waals surface area contributed by atoms with Crippen molar-refractivity contribution < 1.29 is 0 Å². The van der Waals surface area contributed by atoms with Crippen LogP contribution in [0.2, 0.25) is 4.47 Å². The van der Waals surface area contributed by atoms with Gasteiger partial charge in [0, 0.05) is 12.4 Å². The number of thiazole rings is 1. The fraction of sp³-hybridized carbons (Fsp3) is 0.250. The molecule has 1 rings (SSSR count). The number of rotatable bonds is 1. The van der Waals surface area contributed by atoms with Crippen molar-refractivity contribution in [3.05, 3.63) is 9.85 Å². The summed E-state index contributed by atoms with van der Waals surface area (Å²) in [6.07, 6.45) is 0. The van der Waals surface area contributed by atoms with Crippen LogP contribution in [0.3, 0.4) is 0 Å². The van der Waals surface area contributed by atoms with Crippen LogP contribution in [0.5, 0.6) is 0 Å². The van der Waals surface area contributed by atoms with Crippen LogP contribution < -0.4 is 5.32 Å². The lowest BCUT2D eigenvalue weighted by Crippen LogP contribution is -1.85. The zero-order valence-electron chi connectivity index (χ0n) is 4.31. The van der Waals surface area contributed by atoms with Crippen molar-refractivity contribution in [1.82, 2.24) is 4.98 Å². The van der Waals surface area contributed by atoms with Gasteiger partial charge in [0.1, 0.15) is 5.82 Å². The first-order valence-corrected chi connectivity index (χ1v) is 3.37. The van der Waals surface area contributed by atoms with E-state index >= 15 is 0 Å². The Balaban J connectivity index is 2.84. The molecule has 8 heavy (non-hydrogen) atoms. The Labute approximate surface area is 56.5 Å². The van der Waals surface area contributed by atoms with Crippen molar-refractivity contribution in [2.75, 3.05) is 12.4 Å². The molecule has 1 N–H and O–H groups in total. The van der Waals surface area contributed by atoms with Crippen molar-refractivity contribution in [3.8, 4) is 0 Å². The number of nitrogens with zero attached hydrogens (tertiary/aromatic N) is 1. The smallest absolute Gasteiger partial charge is 0.185 e. The minimum Gasteiger partial charge on any atom is -0.372 e. The Bertz CT molecular complexity index is 174. The summed E-state index contributed by atoms with van der Waals surface area (Å²) < 4.78 is 0.578. The quantitative estimate of drug-likeness (QED) is 0.658. The second-order valence-electron chi connectivity index (χ2n) is 1.24. The van der Waals surface area contributed by atoms with E-state index in [0.29, 0.717) is 4.47 Å². The lowest BCUT2D eigenvalue weighted by molar-refractivity contribution is 1.35. The number of hydrogen-bond acceptors (Lipinski definition) is 3. The average Bonchev–Trinajstić information content (AvgIpc) is 2.14. The summed E-state index contributed by atoms with van der Waals surface area (Å²) in [4.78, 5) is 3.90. The van der Waals surface area contributed by atoms with Crippen molar-refractivity contribution in [1.29, 1.82) is 0 Å². The summed E-state index contributed by atoms with van der Waals surface area (Å²) in [5.41, 5.74) is 0. The molecular weight excluding hydrogens is 144 g/mol. The van der Waals surface area contributed by atoms with E-state index in [-0.39, 0.29) is 0 Å². The summed E-state index contributed by atoms with van der Waals surface area (Å²) in [5.74, 6) is 0.833. The summed E-state index contributed by atoms with van der Waals surface area (Å²) in [7, 11) is 1.81. The molecule has 0 aromatic carbocycles. The number of halogens is 1. The molecule has 0 unspecified atom stereocenters. The Morgan fingerprint density at radius 1 is 1.88 bits per heavy atom. The van der Waals surface area contributed by atoms with Gasteiger partial charge in [0.05, 0.1) is 0 Å². The number of nitrogens with one attached hydrogen (secondary N) is 1. The highest BCUT2D eigenvalue weighted by Gasteiger charge is 1.92. The fourth-order valence-corrected chi connectivity index (χ4v) is 1.12. The van der Waals surface area contributed by atoms with Gasteiger partial charge >= 0.3 is 0 Å². The van der Waals surface area contributed by atoms with Crippen LogP contribution in [-0.2, 0) is 0 Å². The molecule has 0 aliphatic rings. The van der Waals surface area contributed by atoms with E-state index in [1.165, 1.54) is 11.3 Å².